The van der Waals surface area contributed by atoms with Crippen LogP contribution in [0, 0.1) is 11.6 Å². The van der Waals surface area contributed by atoms with E-state index in [0.717, 1.165) is 23.3 Å². The van der Waals surface area contributed by atoms with E-state index in [1.165, 1.54) is 23.8 Å². The Morgan fingerprint density at radius 1 is 0.769 bits per heavy atom. The summed E-state index contributed by atoms with van der Waals surface area (Å²) in [5.74, 6) is 0.372. The normalized spacial score (nSPS) is 13.3. The molecule has 0 aliphatic rings. The van der Waals surface area contributed by atoms with Gasteiger partial charge in [-0.1, -0.05) is 70.5 Å². The molecule has 3 aromatic rings. The minimum absolute atomic E-state index is 0.0174. The van der Waals surface area contributed by atoms with Crippen molar-refractivity contribution in [1.82, 2.24) is 0 Å². The van der Waals surface area contributed by atoms with Gasteiger partial charge in [0.05, 0.1) is 4.83 Å². The quantitative estimate of drug-likeness (QED) is 0.358. The van der Waals surface area contributed by atoms with Crippen LogP contribution in [0.1, 0.15) is 26.8 Å². The molecule has 0 radical (unpaired) electrons. The van der Waals surface area contributed by atoms with E-state index < -0.39 is 0 Å². The van der Waals surface area contributed by atoms with Crippen LogP contribution in [-0.2, 0) is 6.42 Å². The van der Waals surface area contributed by atoms with E-state index >= 15 is 0 Å². The molecule has 0 saturated heterocycles. The van der Waals surface area contributed by atoms with Gasteiger partial charge in [-0.2, -0.15) is 11.8 Å². The molecule has 4 heteroatoms. The average molecular weight is 433 g/mol. The van der Waals surface area contributed by atoms with Crippen molar-refractivity contribution < 1.29 is 8.78 Å². The summed E-state index contributed by atoms with van der Waals surface area (Å²) in [6.45, 7) is 0. The van der Waals surface area contributed by atoms with Crippen molar-refractivity contribution in [2.24, 2.45) is 0 Å². The highest BCUT2D eigenvalue weighted by molar-refractivity contribution is 9.09. The fourth-order valence-electron chi connectivity index (χ4n) is 2.83. The highest BCUT2D eigenvalue weighted by Gasteiger charge is 2.23. The molecule has 0 saturated carbocycles. The SMILES string of the molecule is Fc1cccc([C@H](Br)[C@@H](SCCc2ccccc2)c2cccc(F)c2)c1. The van der Waals surface area contributed by atoms with Crippen LogP contribution in [-0.4, -0.2) is 5.75 Å². The van der Waals surface area contributed by atoms with Crippen LogP contribution in [0.15, 0.2) is 78.9 Å². The van der Waals surface area contributed by atoms with E-state index in [1.807, 2.05) is 30.3 Å². The predicted molar refractivity (Wildman–Crippen MR) is 110 cm³/mol. The van der Waals surface area contributed by atoms with Gasteiger partial charge in [0.25, 0.3) is 0 Å². The first-order chi connectivity index (χ1) is 12.6. The maximum atomic E-state index is 13.8. The van der Waals surface area contributed by atoms with Gasteiger partial charge >= 0.3 is 0 Å². The first-order valence-electron chi connectivity index (χ1n) is 8.44. The number of aryl methyl sites for hydroxylation is 1. The predicted octanol–water partition coefficient (Wildman–Crippen LogP) is 7.12. The summed E-state index contributed by atoms with van der Waals surface area (Å²) in [5.41, 5.74) is 3.02. The molecule has 0 aromatic heterocycles. The molecular weight excluding hydrogens is 414 g/mol. The average Bonchev–Trinajstić information content (AvgIpc) is 2.65. The molecule has 0 N–H and O–H groups in total. The van der Waals surface area contributed by atoms with Crippen LogP contribution in [0.2, 0.25) is 0 Å². The Bertz CT molecular complexity index is 838. The summed E-state index contributed by atoms with van der Waals surface area (Å²) in [7, 11) is 0. The van der Waals surface area contributed by atoms with E-state index in [4.69, 9.17) is 0 Å². The molecule has 0 heterocycles. The van der Waals surface area contributed by atoms with Gasteiger partial charge < -0.3 is 0 Å². The molecule has 0 spiro atoms. The van der Waals surface area contributed by atoms with Gasteiger partial charge in [-0.15, -0.1) is 0 Å². The molecule has 2 atom stereocenters. The summed E-state index contributed by atoms with van der Waals surface area (Å²) < 4.78 is 27.4. The third-order valence-electron chi connectivity index (χ3n) is 4.14. The molecule has 0 fully saturated rings. The van der Waals surface area contributed by atoms with Crippen LogP contribution >= 0.6 is 27.7 Å². The number of thioether (sulfide) groups is 1. The van der Waals surface area contributed by atoms with Crippen molar-refractivity contribution in [3.63, 3.8) is 0 Å². The van der Waals surface area contributed by atoms with Crippen molar-refractivity contribution >= 4 is 27.7 Å². The summed E-state index contributed by atoms with van der Waals surface area (Å²) >= 11 is 5.48. The molecule has 0 aliphatic heterocycles. The number of hydrogen-bond acceptors (Lipinski definition) is 1. The Morgan fingerprint density at radius 3 is 2.04 bits per heavy atom. The summed E-state index contributed by atoms with van der Waals surface area (Å²) in [4.78, 5) is -0.110. The van der Waals surface area contributed by atoms with Crippen LogP contribution < -0.4 is 0 Å². The van der Waals surface area contributed by atoms with E-state index in [0.29, 0.717) is 0 Å². The molecule has 0 nitrogen and oxygen atoms in total. The van der Waals surface area contributed by atoms with E-state index in [1.54, 1.807) is 30.0 Å². The van der Waals surface area contributed by atoms with Crippen molar-refractivity contribution in [3.05, 3.63) is 107 Å². The zero-order valence-electron chi connectivity index (χ0n) is 14.1. The first-order valence-corrected chi connectivity index (χ1v) is 10.4. The van der Waals surface area contributed by atoms with Crippen LogP contribution in [0.3, 0.4) is 0 Å². The largest absolute Gasteiger partial charge is 0.207 e. The lowest BCUT2D eigenvalue weighted by atomic mass is 10.0. The number of benzene rings is 3. The molecule has 0 aliphatic carbocycles. The number of alkyl halides is 1. The highest BCUT2D eigenvalue weighted by Crippen LogP contribution is 2.45. The highest BCUT2D eigenvalue weighted by atomic mass is 79.9. The minimum Gasteiger partial charge on any atom is -0.207 e. The maximum absolute atomic E-state index is 13.8. The van der Waals surface area contributed by atoms with Crippen molar-refractivity contribution in [2.45, 2.75) is 16.5 Å². The van der Waals surface area contributed by atoms with Gasteiger partial charge in [-0.3, -0.25) is 0 Å². The second-order valence-corrected chi connectivity index (χ2v) is 8.27. The third kappa shape index (κ3) is 5.18. The Labute approximate surface area is 165 Å². The number of halogens is 3. The molecule has 0 unspecified atom stereocenters. The van der Waals surface area contributed by atoms with E-state index in [9.17, 15) is 8.78 Å². The second kappa shape index (κ2) is 9.33. The van der Waals surface area contributed by atoms with Crippen LogP contribution in [0.5, 0.6) is 0 Å². The fourth-order valence-corrected chi connectivity index (χ4v) is 5.16. The van der Waals surface area contributed by atoms with Crippen LogP contribution in [0.4, 0.5) is 8.78 Å². The van der Waals surface area contributed by atoms with Gasteiger partial charge in [-0.25, -0.2) is 8.78 Å². The van der Waals surface area contributed by atoms with Gasteiger partial charge in [0.1, 0.15) is 11.6 Å². The van der Waals surface area contributed by atoms with Gasteiger partial charge in [0.15, 0.2) is 0 Å². The summed E-state index contributed by atoms with van der Waals surface area (Å²) in [5, 5.41) is -0.0174. The van der Waals surface area contributed by atoms with E-state index in [-0.39, 0.29) is 21.7 Å². The lowest BCUT2D eigenvalue weighted by molar-refractivity contribution is 0.622. The topological polar surface area (TPSA) is 0 Å². The molecule has 134 valence electrons. The first kappa shape index (κ1) is 19.1. The maximum Gasteiger partial charge on any atom is 0.123 e. The summed E-state index contributed by atoms with van der Waals surface area (Å²) in [6, 6.07) is 23.5. The second-order valence-electron chi connectivity index (χ2n) is 6.04. The van der Waals surface area contributed by atoms with Crippen molar-refractivity contribution in [3.8, 4) is 0 Å². The molecule has 0 bridgehead atoms. The lowest BCUT2D eigenvalue weighted by Crippen LogP contribution is -2.05. The zero-order chi connectivity index (χ0) is 18.4. The molecular formula is C22H19BrF2S. The van der Waals surface area contributed by atoms with Crippen molar-refractivity contribution in [2.75, 3.05) is 5.75 Å². The molecule has 26 heavy (non-hydrogen) atoms. The van der Waals surface area contributed by atoms with Gasteiger partial charge in [-0.05, 0) is 53.1 Å². The molecule has 3 rings (SSSR count). The Hall–Kier alpha value is -1.65. The molecule has 0 amide bonds. The Balaban J connectivity index is 1.79. The monoisotopic (exact) mass is 432 g/mol. The molecule has 3 aromatic carbocycles. The zero-order valence-corrected chi connectivity index (χ0v) is 16.5. The Kier molecular flexibility index (Phi) is 6.86. The van der Waals surface area contributed by atoms with E-state index in [2.05, 4.69) is 28.1 Å². The van der Waals surface area contributed by atoms with Crippen molar-refractivity contribution in [1.29, 1.82) is 0 Å². The number of rotatable bonds is 7. The standard InChI is InChI=1S/C22H19BrF2S/c23-21(17-8-4-10-19(24)14-17)22(18-9-5-11-20(25)15-18)26-13-12-16-6-2-1-3-7-16/h1-11,14-15,21-22H,12-13H2/t21-,22-/m0/s1. The minimum atomic E-state index is -0.265. The third-order valence-corrected chi connectivity index (χ3v) is 6.89. The van der Waals surface area contributed by atoms with Gasteiger partial charge in [0.2, 0.25) is 0 Å². The lowest BCUT2D eigenvalue weighted by Gasteiger charge is -2.23. The van der Waals surface area contributed by atoms with Gasteiger partial charge in [0, 0.05) is 5.25 Å². The smallest absolute Gasteiger partial charge is 0.123 e. The summed E-state index contributed by atoms with van der Waals surface area (Å²) in [6.07, 6.45) is 0.931. The Morgan fingerprint density at radius 2 is 1.38 bits per heavy atom. The number of hydrogen-bond donors (Lipinski definition) is 0. The van der Waals surface area contributed by atoms with Crippen LogP contribution in [0.25, 0.3) is 0 Å². The fraction of sp³-hybridized carbons (Fsp3) is 0.182.